The molecule has 0 heterocycles. The highest BCUT2D eigenvalue weighted by molar-refractivity contribution is 7.89. The lowest BCUT2D eigenvalue weighted by atomic mass is 9.74. The average Bonchev–Trinajstić information content (AvgIpc) is 1.74. The van der Waals surface area contributed by atoms with Crippen LogP contribution in [-0.2, 0) is 9.92 Å². The third-order valence-corrected chi connectivity index (χ3v) is 3.32. The molecule has 0 amide bonds. The Balaban J connectivity index is 2.63. The first kappa shape index (κ1) is 11.9. The van der Waals surface area contributed by atoms with E-state index >= 15 is 0 Å². The van der Waals surface area contributed by atoms with Crippen LogP contribution in [0.2, 0.25) is 0 Å². The molecule has 3 atom stereocenters. The predicted molar refractivity (Wildman–Crippen MR) is 57.3 cm³/mol. The van der Waals surface area contributed by atoms with Crippen molar-refractivity contribution in [3.63, 3.8) is 0 Å². The lowest BCUT2D eigenvalue weighted by Crippen LogP contribution is -2.44. The summed E-state index contributed by atoms with van der Waals surface area (Å²) in [4.78, 5) is 0. The smallest absolute Gasteiger partial charge is 0.102 e. The Morgan fingerprint density at radius 2 is 2.07 bits per heavy atom. The molecule has 1 saturated carbocycles. The Hall–Kier alpha value is -0.130. The largest absolute Gasteiger partial charge is 0.393 e. The molecule has 0 spiro atoms. The summed E-state index contributed by atoms with van der Waals surface area (Å²) in [5, 5.41) is 9.62. The van der Waals surface area contributed by atoms with Crippen molar-refractivity contribution in [1.29, 1.82) is 4.78 Å². The average molecular weight is 220 g/mol. The second-order valence-electron chi connectivity index (χ2n) is 5.12. The van der Waals surface area contributed by atoms with Gasteiger partial charge < -0.3 is 5.11 Å². The van der Waals surface area contributed by atoms with Crippen LogP contribution in [-0.4, -0.2) is 27.7 Å². The van der Waals surface area contributed by atoms with Crippen molar-refractivity contribution >= 4 is 9.92 Å². The lowest BCUT2D eigenvalue weighted by Gasteiger charge is -2.38. The zero-order chi connectivity index (χ0) is 11.0. The van der Waals surface area contributed by atoms with E-state index in [4.69, 9.17) is 4.78 Å². The second-order valence-corrected chi connectivity index (χ2v) is 7.04. The van der Waals surface area contributed by atoms with E-state index in [0.717, 1.165) is 12.8 Å². The summed E-state index contributed by atoms with van der Waals surface area (Å²) in [6.07, 6.45) is 3.30. The van der Waals surface area contributed by atoms with Gasteiger partial charge in [-0.1, -0.05) is 13.8 Å². The van der Waals surface area contributed by atoms with Gasteiger partial charge in [0.25, 0.3) is 0 Å². The van der Waals surface area contributed by atoms with Crippen LogP contribution < -0.4 is 4.72 Å². The van der Waals surface area contributed by atoms with Gasteiger partial charge in [0.2, 0.25) is 0 Å². The van der Waals surface area contributed by atoms with Gasteiger partial charge >= 0.3 is 0 Å². The van der Waals surface area contributed by atoms with Gasteiger partial charge in [-0.3, -0.25) is 0 Å². The topological polar surface area (TPSA) is 73.2 Å². The molecule has 0 aromatic heterocycles. The molecule has 5 heteroatoms. The molecular formula is C9H20N2O2S. The summed E-state index contributed by atoms with van der Waals surface area (Å²) in [6.45, 7) is 4.18. The number of hydrogen-bond acceptors (Lipinski definition) is 3. The van der Waals surface area contributed by atoms with Crippen molar-refractivity contribution in [2.75, 3.05) is 6.26 Å². The molecule has 0 aromatic carbocycles. The maximum absolute atomic E-state index is 11.2. The molecule has 0 bridgehead atoms. The molecule has 3 N–H and O–H groups in total. The van der Waals surface area contributed by atoms with Gasteiger partial charge in [-0.15, -0.1) is 0 Å². The van der Waals surface area contributed by atoms with Crippen molar-refractivity contribution in [2.45, 2.75) is 45.3 Å². The van der Waals surface area contributed by atoms with E-state index in [1.807, 2.05) is 0 Å². The van der Waals surface area contributed by atoms with Crippen molar-refractivity contribution in [3.05, 3.63) is 0 Å². The van der Waals surface area contributed by atoms with Gasteiger partial charge in [0.05, 0.1) is 6.10 Å². The zero-order valence-electron chi connectivity index (χ0n) is 9.04. The molecule has 1 aliphatic carbocycles. The molecule has 14 heavy (non-hydrogen) atoms. The Kier molecular flexibility index (Phi) is 3.23. The molecule has 3 unspecified atom stereocenters. The number of nitrogens with one attached hydrogen (secondary N) is 2. The summed E-state index contributed by atoms with van der Waals surface area (Å²) < 4.78 is 21.3. The summed E-state index contributed by atoms with van der Waals surface area (Å²) in [6, 6.07) is 0.00347. The first-order valence-corrected chi connectivity index (χ1v) is 6.84. The predicted octanol–water partition coefficient (Wildman–Crippen LogP) is 1.11. The van der Waals surface area contributed by atoms with Crippen molar-refractivity contribution < 1.29 is 9.32 Å². The number of aliphatic hydroxyl groups excluding tert-OH is 1. The number of rotatable bonds is 2. The molecule has 0 saturated heterocycles. The van der Waals surface area contributed by atoms with Crippen molar-refractivity contribution in [2.24, 2.45) is 5.41 Å². The lowest BCUT2D eigenvalue weighted by molar-refractivity contribution is 0.0523. The maximum atomic E-state index is 11.2. The zero-order valence-corrected chi connectivity index (χ0v) is 9.86. The fraction of sp³-hybridized carbons (Fsp3) is 1.00. The third-order valence-electron chi connectivity index (χ3n) is 2.54. The molecule has 1 aliphatic rings. The van der Waals surface area contributed by atoms with Crippen LogP contribution in [0.4, 0.5) is 0 Å². The van der Waals surface area contributed by atoms with E-state index in [1.165, 1.54) is 6.26 Å². The molecule has 84 valence electrons. The fourth-order valence-electron chi connectivity index (χ4n) is 2.29. The summed E-state index contributed by atoms with van der Waals surface area (Å²) in [5.74, 6) is 0. The van der Waals surface area contributed by atoms with Gasteiger partial charge in [-0.05, 0) is 24.7 Å². The summed E-state index contributed by atoms with van der Waals surface area (Å²) in [7, 11) is -2.66. The van der Waals surface area contributed by atoms with E-state index < -0.39 is 9.92 Å². The molecule has 0 aromatic rings. The minimum Gasteiger partial charge on any atom is -0.393 e. The Morgan fingerprint density at radius 3 is 2.50 bits per heavy atom. The van der Waals surface area contributed by atoms with Crippen LogP contribution in [0, 0.1) is 10.2 Å². The van der Waals surface area contributed by atoms with E-state index in [1.54, 1.807) is 0 Å². The maximum Gasteiger partial charge on any atom is 0.102 e. The van der Waals surface area contributed by atoms with Crippen LogP contribution in [0.5, 0.6) is 0 Å². The van der Waals surface area contributed by atoms with Crippen LogP contribution >= 0.6 is 0 Å². The van der Waals surface area contributed by atoms with Gasteiger partial charge in [0.15, 0.2) is 0 Å². The van der Waals surface area contributed by atoms with Crippen LogP contribution in [0.3, 0.4) is 0 Å². The van der Waals surface area contributed by atoms with Crippen molar-refractivity contribution in [3.8, 4) is 0 Å². The molecule has 1 fully saturated rings. The highest BCUT2D eigenvalue weighted by Crippen LogP contribution is 2.35. The van der Waals surface area contributed by atoms with Crippen LogP contribution in [0.25, 0.3) is 0 Å². The van der Waals surface area contributed by atoms with Crippen LogP contribution in [0.1, 0.15) is 33.1 Å². The Morgan fingerprint density at radius 1 is 1.50 bits per heavy atom. The van der Waals surface area contributed by atoms with E-state index in [9.17, 15) is 9.32 Å². The third kappa shape index (κ3) is 3.94. The molecule has 1 rings (SSSR count). The monoisotopic (exact) mass is 220 g/mol. The van der Waals surface area contributed by atoms with Gasteiger partial charge in [-0.2, -0.15) is 0 Å². The first-order chi connectivity index (χ1) is 6.18. The van der Waals surface area contributed by atoms with Crippen LogP contribution in [0.15, 0.2) is 0 Å². The van der Waals surface area contributed by atoms with Gasteiger partial charge in [0, 0.05) is 12.3 Å². The highest BCUT2D eigenvalue weighted by Gasteiger charge is 2.33. The first-order valence-electron chi connectivity index (χ1n) is 4.87. The standard InChI is InChI=1S/C9H20N2O2S/c1-9(2)5-7(4-8(12)6-9)11-14(3,10)13/h7-8,12H,4-6H2,1-3H3,(H2,10,11,13). The van der Waals surface area contributed by atoms with Gasteiger partial charge in [-0.25, -0.2) is 13.7 Å². The minimum absolute atomic E-state index is 0.00347. The van der Waals surface area contributed by atoms with E-state index in [-0.39, 0.29) is 17.6 Å². The second kappa shape index (κ2) is 3.79. The quantitative estimate of drug-likeness (QED) is 0.652. The van der Waals surface area contributed by atoms with E-state index in [0.29, 0.717) is 6.42 Å². The van der Waals surface area contributed by atoms with Crippen molar-refractivity contribution in [1.82, 2.24) is 4.72 Å². The molecule has 4 nitrogen and oxygen atoms in total. The Labute approximate surface area is 86.2 Å². The summed E-state index contributed by atoms with van der Waals surface area (Å²) in [5.41, 5.74) is 0.0695. The number of aliphatic hydroxyl groups is 1. The van der Waals surface area contributed by atoms with E-state index in [2.05, 4.69) is 18.6 Å². The number of hydrogen-bond donors (Lipinski definition) is 3. The minimum atomic E-state index is -2.66. The normalized spacial score (nSPS) is 36.3. The molecule has 0 aliphatic heterocycles. The molecular weight excluding hydrogens is 200 g/mol. The SMILES string of the molecule is CC1(C)CC(O)CC(NS(C)(=N)=O)C1. The highest BCUT2D eigenvalue weighted by atomic mass is 32.2. The summed E-state index contributed by atoms with van der Waals surface area (Å²) >= 11 is 0. The van der Waals surface area contributed by atoms with Gasteiger partial charge in [0.1, 0.15) is 9.92 Å². The Bertz CT molecular complexity index is 298. The molecule has 0 radical (unpaired) electrons. The fourth-order valence-corrected chi connectivity index (χ4v) is 3.11.